The molecule has 0 aliphatic carbocycles. The highest BCUT2D eigenvalue weighted by atomic mass is 16.2. The number of pyridine rings is 1. The van der Waals surface area contributed by atoms with E-state index in [-0.39, 0.29) is 6.61 Å². The summed E-state index contributed by atoms with van der Waals surface area (Å²) in [7, 11) is 0. The maximum absolute atomic E-state index is 8.61. The Morgan fingerprint density at radius 1 is 1.40 bits per heavy atom. The van der Waals surface area contributed by atoms with E-state index in [0.29, 0.717) is 0 Å². The van der Waals surface area contributed by atoms with Crippen molar-refractivity contribution in [1.29, 1.82) is 0 Å². The van der Waals surface area contributed by atoms with Crippen molar-refractivity contribution in [2.75, 3.05) is 6.61 Å². The molecule has 2 aromatic heterocycles. The average molecular weight is 201 g/mol. The van der Waals surface area contributed by atoms with Gasteiger partial charge in [-0.05, 0) is 23.8 Å². The maximum Gasteiger partial charge on any atom is 0.153 e. The minimum Gasteiger partial charge on any atom is -0.392 e. The lowest BCUT2D eigenvalue weighted by Crippen LogP contribution is -1.96. The second kappa shape index (κ2) is 4.52. The molecule has 15 heavy (non-hydrogen) atoms. The van der Waals surface area contributed by atoms with Crippen molar-refractivity contribution in [2.45, 2.75) is 0 Å². The molecule has 0 saturated carbocycles. The predicted molar refractivity (Wildman–Crippen MR) is 57.5 cm³/mol. The zero-order valence-electron chi connectivity index (χ0n) is 8.11. The van der Waals surface area contributed by atoms with Gasteiger partial charge in [-0.15, -0.1) is 0 Å². The Hall–Kier alpha value is -1.94. The van der Waals surface area contributed by atoms with Crippen LogP contribution >= 0.6 is 0 Å². The molecule has 0 atom stereocenters. The van der Waals surface area contributed by atoms with Crippen LogP contribution < -0.4 is 0 Å². The van der Waals surface area contributed by atoms with E-state index >= 15 is 0 Å². The molecule has 0 bridgehead atoms. The van der Waals surface area contributed by atoms with Crippen molar-refractivity contribution < 1.29 is 5.11 Å². The summed E-state index contributed by atoms with van der Waals surface area (Å²) in [6, 6.07) is 5.65. The second-order valence-electron chi connectivity index (χ2n) is 2.99. The molecule has 4 heteroatoms. The number of rotatable bonds is 3. The topological polar surface area (TPSA) is 50.9 Å². The Morgan fingerprint density at radius 3 is 2.93 bits per heavy atom. The van der Waals surface area contributed by atoms with Crippen LogP contribution in [0.15, 0.2) is 42.9 Å². The molecule has 0 radical (unpaired) electrons. The molecule has 0 amide bonds. The van der Waals surface area contributed by atoms with Gasteiger partial charge in [-0.1, -0.05) is 12.2 Å². The molecule has 2 aromatic rings. The number of hydrogen-bond acceptors (Lipinski definition) is 3. The van der Waals surface area contributed by atoms with E-state index in [9.17, 15) is 0 Å². The molecule has 76 valence electrons. The Kier molecular flexibility index (Phi) is 2.90. The first-order chi connectivity index (χ1) is 7.40. The first kappa shape index (κ1) is 9.61. The van der Waals surface area contributed by atoms with Crippen LogP contribution in [0.1, 0.15) is 5.56 Å². The summed E-state index contributed by atoms with van der Waals surface area (Å²) < 4.78 is 1.69. The van der Waals surface area contributed by atoms with E-state index in [0.717, 1.165) is 11.4 Å². The smallest absolute Gasteiger partial charge is 0.153 e. The normalized spacial score (nSPS) is 11.0. The number of aliphatic hydroxyl groups is 1. The average Bonchev–Trinajstić information content (AvgIpc) is 2.80. The van der Waals surface area contributed by atoms with Crippen molar-refractivity contribution >= 4 is 6.08 Å². The van der Waals surface area contributed by atoms with E-state index in [1.54, 1.807) is 23.2 Å². The highest BCUT2D eigenvalue weighted by Gasteiger charge is 1.95. The van der Waals surface area contributed by atoms with Gasteiger partial charge >= 0.3 is 0 Å². The molecule has 1 N–H and O–H groups in total. The first-order valence-electron chi connectivity index (χ1n) is 4.63. The third-order valence-electron chi connectivity index (χ3n) is 1.93. The number of hydrogen-bond donors (Lipinski definition) is 1. The summed E-state index contributed by atoms with van der Waals surface area (Å²) in [6.07, 6.45) is 8.78. The van der Waals surface area contributed by atoms with Gasteiger partial charge in [0.15, 0.2) is 5.82 Å². The van der Waals surface area contributed by atoms with Crippen LogP contribution in [0.5, 0.6) is 0 Å². The maximum atomic E-state index is 8.61. The number of aliphatic hydroxyl groups excluding tert-OH is 1. The van der Waals surface area contributed by atoms with Crippen LogP contribution in [0.3, 0.4) is 0 Å². The Balaban J connectivity index is 2.21. The summed E-state index contributed by atoms with van der Waals surface area (Å²) in [5.74, 6) is 0.779. The van der Waals surface area contributed by atoms with Gasteiger partial charge in [0.25, 0.3) is 0 Å². The monoisotopic (exact) mass is 201 g/mol. The summed E-state index contributed by atoms with van der Waals surface area (Å²) in [4.78, 5) is 4.24. The van der Waals surface area contributed by atoms with Crippen molar-refractivity contribution in [3.05, 3.63) is 48.4 Å². The summed E-state index contributed by atoms with van der Waals surface area (Å²) >= 11 is 0. The number of nitrogens with zero attached hydrogens (tertiary/aromatic N) is 3. The lowest BCUT2D eigenvalue weighted by atomic mass is 10.2. The minimum atomic E-state index is 0.0426. The lowest BCUT2D eigenvalue weighted by molar-refractivity contribution is 0.343. The standard InChI is InChI=1S/C11H11N3O/c15-8-1-3-10-4-5-11(12-9-10)14-7-2-6-13-14/h1-7,9,15H,8H2. The van der Waals surface area contributed by atoms with Gasteiger partial charge in [-0.3, -0.25) is 0 Å². The van der Waals surface area contributed by atoms with Gasteiger partial charge in [0.2, 0.25) is 0 Å². The Morgan fingerprint density at radius 2 is 2.33 bits per heavy atom. The largest absolute Gasteiger partial charge is 0.392 e. The summed E-state index contributed by atoms with van der Waals surface area (Å²) in [5.41, 5.74) is 0.958. The summed E-state index contributed by atoms with van der Waals surface area (Å²) in [6.45, 7) is 0.0426. The van der Waals surface area contributed by atoms with E-state index < -0.39 is 0 Å². The molecular formula is C11H11N3O. The summed E-state index contributed by atoms with van der Waals surface area (Å²) in [5, 5.41) is 12.7. The van der Waals surface area contributed by atoms with Crippen molar-refractivity contribution in [3.8, 4) is 5.82 Å². The molecule has 2 heterocycles. The highest BCUT2D eigenvalue weighted by Crippen LogP contribution is 2.05. The third-order valence-corrected chi connectivity index (χ3v) is 1.93. The van der Waals surface area contributed by atoms with E-state index in [4.69, 9.17) is 5.11 Å². The Bertz CT molecular complexity index is 431. The fourth-order valence-corrected chi connectivity index (χ4v) is 1.22. The van der Waals surface area contributed by atoms with Crippen LogP contribution in [0.25, 0.3) is 11.9 Å². The fraction of sp³-hybridized carbons (Fsp3) is 0.0909. The van der Waals surface area contributed by atoms with E-state index in [1.165, 1.54) is 0 Å². The fourth-order valence-electron chi connectivity index (χ4n) is 1.22. The van der Waals surface area contributed by atoms with Crippen molar-refractivity contribution in [3.63, 3.8) is 0 Å². The molecule has 0 aromatic carbocycles. The van der Waals surface area contributed by atoms with Crippen LogP contribution in [0.4, 0.5) is 0 Å². The second-order valence-corrected chi connectivity index (χ2v) is 2.99. The molecule has 4 nitrogen and oxygen atoms in total. The van der Waals surface area contributed by atoms with Crippen molar-refractivity contribution in [2.24, 2.45) is 0 Å². The van der Waals surface area contributed by atoms with Gasteiger partial charge in [-0.2, -0.15) is 5.10 Å². The molecule has 0 aliphatic heterocycles. The first-order valence-corrected chi connectivity index (χ1v) is 4.63. The molecule has 0 spiro atoms. The predicted octanol–water partition coefficient (Wildman–Crippen LogP) is 1.27. The molecule has 0 saturated heterocycles. The van der Waals surface area contributed by atoms with Gasteiger partial charge in [-0.25, -0.2) is 9.67 Å². The minimum absolute atomic E-state index is 0.0426. The molecule has 2 rings (SSSR count). The SMILES string of the molecule is OCC=Cc1ccc(-n2cccn2)nc1. The van der Waals surface area contributed by atoms with Crippen LogP contribution in [0, 0.1) is 0 Å². The van der Waals surface area contributed by atoms with Gasteiger partial charge in [0.1, 0.15) is 0 Å². The molecular weight excluding hydrogens is 190 g/mol. The van der Waals surface area contributed by atoms with Gasteiger partial charge in [0, 0.05) is 18.6 Å². The van der Waals surface area contributed by atoms with E-state index in [1.807, 2.05) is 30.5 Å². The van der Waals surface area contributed by atoms with Gasteiger partial charge in [0.05, 0.1) is 6.61 Å². The van der Waals surface area contributed by atoms with Gasteiger partial charge < -0.3 is 5.11 Å². The Labute approximate surface area is 87.5 Å². The van der Waals surface area contributed by atoms with Crippen LogP contribution in [-0.2, 0) is 0 Å². The zero-order chi connectivity index (χ0) is 10.5. The van der Waals surface area contributed by atoms with Crippen LogP contribution in [-0.4, -0.2) is 26.5 Å². The number of aromatic nitrogens is 3. The molecule has 0 unspecified atom stereocenters. The molecule has 0 fully saturated rings. The third kappa shape index (κ3) is 2.30. The van der Waals surface area contributed by atoms with E-state index in [2.05, 4.69) is 10.1 Å². The van der Waals surface area contributed by atoms with Crippen LogP contribution in [0.2, 0.25) is 0 Å². The highest BCUT2D eigenvalue weighted by molar-refractivity contribution is 5.48. The zero-order valence-corrected chi connectivity index (χ0v) is 8.11. The quantitative estimate of drug-likeness (QED) is 0.813. The molecule has 0 aliphatic rings. The van der Waals surface area contributed by atoms with Crippen molar-refractivity contribution in [1.82, 2.24) is 14.8 Å². The lowest BCUT2D eigenvalue weighted by Gasteiger charge is -1.99.